The molecule has 2 unspecified atom stereocenters. The Kier molecular flexibility index (Phi) is 8.78. The van der Waals surface area contributed by atoms with Crippen molar-refractivity contribution in [1.29, 1.82) is 0 Å². The number of aromatic nitrogens is 1. The van der Waals surface area contributed by atoms with E-state index in [-0.39, 0.29) is 36.8 Å². The molecule has 0 aliphatic carbocycles. The number of rotatable bonds is 3. The van der Waals surface area contributed by atoms with Crippen LogP contribution in [0.5, 0.6) is 0 Å². The number of carbonyl (C=O) groups excluding carboxylic acids is 1. The summed E-state index contributed by atoms with van der Waals surface area (Å²) in [6.45, 7) is 5.96. The second kappa shape index (κ2) is 9.16. The van der Waals surface area contributed by atoms with Gasteiger partial charge in [-0.2, -0.15) is 0 Å². The third-order valence-corrected chi connectivity index (χ3v) is 3.73. The van der Waals surface area contributed by atoms with Crippen LogP contribution >= 0.6 is 24.8 Å². The number of hydrogen-bond donors (Lipinski definition) is 1. The minimum atomic E-state index is 0. The van der Waals surface area contributed by atoms with Crippen molar-refractivity contribution >= 4 is 30.7 Å². The van der Waals surface area contributed by atoms with Crippen LogP contribution in [0.25, 0.3) is 0 Å². The number of halogens is 2. The van der Waals surface area contributed by atoms with E-state index in [9.17, 15) is 4.79 Å². The Hall–Kier alpha value is -0.840. The lowest BCUT2D eigenvalue weighted by Crippen LogP contribution is -2.57. The van der Waals surface area contributed by atoms with E-state index in [4.69, 9.17) is 0 Å². The molecular formula is C14H23Cl2N3O. The second-order valence-corrected chi connectivity index (χ2v) is 4.93. The van der Waals surface area contributed by atoms with Gasteiger partial charge in [0.1, 0.15) is 0 Å². The number of nitrogens with zero attached hydrogens (tertiary/aromatic N) is 2. The molecule has 1 aromatic heterocycles. The van der Waals surface area contributed by atoms with Crippen LogP contribution in [0.1, 0.15) is 25.8 Å². The monoisotopic (exact) mass is 319 g/mol. The molecule has 20 heavy (non-hydrogen) atoms. The maximum absolute atomic E-state index is 12.2. The van der Waals surface area contributed by atoms with Gasteiger partial charge in [-0.1, -0.05) is 0 Å². The van der Waals surface area contributed by atoms with Gasteiger partial charge < -0.3 is 10.2 Å². The van der Waals surface area contributed by atoms with Crippen molar-refractivity contribution < 1.29 is 4.79 Å². The molecule has 0 radical (unpaired) electrons. The van der Waals surface area contributed by atoms with E-state index in [0.29, 0.717) is 12.5 Å². The Morgan fingerprint density at radius 3 is 2.65 bits per heavy atom. The average molecular weight is 320 g/mol. The summed E-state index contributed by atoms with van der Waals surface area (Å²) in [6, 6.07) is 4.60. The molecule has 0 spiro atoms. The number of piperazine rings is 1. The fourth-order valence-electron chi connectivity index (χ4n) is 2.35. The summed E-state index contributed by atoms with van der Waals surface area (Å²) in [4.78, 5) is 18.2. The predicted octanol–water partition coefficient (Wildman–Crippen LogP) is 2.07. The molecule has 6 heteroatoms. The SMILES string of the molecule is CC1NCCN(C(=O)CCc2ccncc2)C1C.Cl.Cl. The van der Waals surface area contributed by atoms with Crippen molar-refractivity contribution in [3.8, 4) is 0 Å². The zero-order valence-electron chi connectivity index (χ0n) is 11.9. The van der Waals surface area contributed by atoms with Gasteiger partial charge in [-0.25, -0.2) is 0 Å². The molecule has 1 fully saturated rings. The first-order valence-corrected chi connectivity index (χ1v) is 6.60. The molecule has 0 aromatic carbocycles. The topological polar surface area (TPSA) is 45.2 Å². The molecule has 0 bridgehead atoms. The second-order valence-electron chi connectivity index (χ2n) is 4.93. The zero-order valence-corrected chi connectivity index (χ0v) is 13.5. The fourth-order valence-corrected chi connectivity index (χ4v) is 2.35. The Balaban J connectivity index is 0.00000180. The Morgan fingerprint density at radius 2 is 2.00 bits per heavy atom. The van der Waals surface area contributed by atoms with Crippen molar-refractivity contribution in [1.82, 2.24) is 15.2 Å². The van der Waals surface area contributed by atoms with Gasteiger partial charge in [-0.05, 0) is 38.0 Å². The summed E-state index contributed by atoms with van der Waals surface area (Å²) in [5.41, 5.74) is 1.18. The van der Waals surface area contributed by atoms with Crippen molar-refractivity contribution in [3.63, 3.8) is 0 Å². The van der Waals surface area contributed by atoms with Crippen LogP contribution in [0.4, 0.5) is 0 Å². The third kappa shape index (κ3) is 4.93. The number of pyridine rings is 1. The zero-order chi connectivity index (χ0) is 13.0. The molecule has 1 amide bonds. The Labute approximate surface area is 133 Å². The Morgan fingerprint density at radius 1 is 1.35 bits per heavy atom. The molecule has 114 valence electrons. The van der Waals surface area contributed by atoms with Crippen LogP contribution < -0.4 is 5.32 Å². The van der Waals surface area contributed by atoms with Crippen LogP contribution in [0.2, 0.25) is 0 Å². The molecule has 1 aromatic rings. The normalized spacial score (nSPS) is 21.6. The number of aryl methyl sites for hydroxylation is 1. The first-order chi connectivity index (χ1) is 8.68. The van der Waals surface area contributed by atoms with Gasteiger partial charge in [0, 0.05) is 44.0 Å². The van der Waals surface area contributed by atoms with Crippen LogP contribution in [-0.2, 0) is 11.2 Å². The summed E-state index contributed by atoms with van der Waals surface area (Å²) in [7, 11) is 0. The predicted molar refractivity (Wildman–Crippen MR) is 85.7 cm³/mol. The van der Waals surface area contributed by atoms with Gasteiger partial charge in [0.2, 0.25) is 5.91 Å². The van der Waals surface area contributed by atoms with Gasteiger partial charge in [0.25, 0.3) is 0 Å². The highest BCUT2D eigenvalue weighted by Crippen LogP contribution is 2.12. The van der Waals surface area contributed by atoms with E-state index >= 15 is 0 Å². The van der Waals surface area contributed by atoms with Crippen LogP contribution in [0.3, 0.4) is 0 Å². The van der Waals surface area contributed by atoms with E-state index in [1.807, 2.05) is 17.0 Å². The van der Waals surface area contributed by atoms with Gasteiger partial charge in [-0.15, -0.1) is 24.8 Å². The number of carbonyl (C=O) groups is 1. The number of hydrogen-bond acceptors (Lipinski definition) is 3. The highest BCUT2D eigenvalue weighted by atomic mass is 35.5. The van der Waals surface area contributed by atoms with Crippen molar-refractivity contribution in [3.05, 3.63) is 30.1 Å². The largest absolute Gasteiger partial charge is 0.337 e. The summed E-state index contributed by atoms with van der Waals surface area (Å²) in [6.07, 6.45) is 4.93. The summed E-state index contributed by atoms with van der Waals surface area (Å²) >= 11 is 0. The lowest BCUT2D eigenvalue weighted by molar-refractivity contribution is -0.134. The first-order valence-electron chi connectivity index (χ1n) is 6.60. The van der Waals surface area contributed by atoms with E-state index in [1.54, 1.807) is 12.4 Å². The Bertz CT molecular complexity index is 403. The summed E-state index contributed by atoms with van der Waals surface area (Å²) in [5, 5.41) is 3.39. The smallest absolute Gasteiger partial charge is 0.223 e. The van der Waals surface area contributed by atoms with Crippen molar-refractivity contribution in [2.75, 3.05) is 13.1 Å². The van der Waals surface area contributed by atoms with Crippen LogP contribution in [0, 0.1) is 0 Å². The fraction of sp³-hybridized carbons (Fsp3) is 0.571. The third-order valence-electron chi connectivity index (χ3n) is 3.73. The number of nitrogens with one attached hydrogen (secondary N) is 1. The molecule has 2 rings (SSSR count). The van der Waals surface area contributed by atoms with Crippen LogP contribution in [-0.4, -0.2) is 41.0 Å². The van der Waals surface area contributed by atoms with Gasteiger partial charge in [0.15, 0.2) is 0 Å². The number of amides is 1. The molecule has 2 heterocycles. The van der Waals surface area contributed by atoms with Gasteiger partial charge >= 0.3 is 0 Å². The minimum Gasteiger partial charge on any atom is -0.337 e. The van der Waals surface area contributed by atoms with E-state index in [0.717, 1.165) is 19.5 Å². The van der Waals surface area contributed by atoms with Crippen molar-refractivity contribution in [2.24, 2.45) is 0 Å². The summed E-state index contributed by atoms with van der Waals surface area (Å²) in [5.74, 6) is 0.257. The maximum Gasteiger partial charge on any atom is 0.223 e. The van der Waals surface area contributed by atoms with Crippen molar-refractivity contribution in [2.45, 2.75) is 38.8 Å². The summed E-state index contributed by atoms with van der Waals surface area (Å²) < 4.78 is 0. The highest BCUT2D eigenvalue weighted by molar-refractivity contribution is 5.85. The molecule has 0 saturated carbocycles. The molecule has 2 atom stereocenters. The minimum absolute atomic E-state index is 0. The van der Waals surface area contributed by atoms with Gasteiger partial charge in [0.05, 0.1) is 0 Å². The molecule has 1 N–H and O–H groups in total. The molecule has 1 saturated heterocycles. The molecular weight excluding hydrogens is 297 g/mol. The quantitative estimate of drug-likeness (QED) is 0.927. The van der Waals surface area contributed by atoms with E-state index in [2.05, 4.69) is 24.1 Å². The van der Waals surface area contributed by atoms with E-state index in [1.165, 1.54) is 5.56 Å². The maximum atomic E-state index is 12.2. The van der Waals surface area contributed by atoms with E-state index < -0.39 is 0 Å². The lowest BCUT2D eigenvalue weighted by Gasteiger charge is -2.38. The highest BCUT2D eigenvalue weighted by Gasteiger charge is 2.27. The van der Waals surface area contributed by atoms with Gasteiger partial charge in [-0.3, -0.25) is 9.78 Å². The molecule has 4 nitrogen and oxygen atoms in total. The first kappa shape index (κ1) is 19.2. The average Bonchev–Trinajstić information content (AvgIpc) is 2.40. The standard InChI is InChI=1S/C14H21N3O.2ClH/c1-11-12(2)17(10-9-16-11)14(18)4-3-13-5-7-15-8-6-13;;/h5-8,11-12,16H,3-4,9-10H2,1-2H3;2*1H. The molecule has 1 aliphatic rings. The lowest BCUT2D eigenvalue weighted by atomic mass is 10.1. The molecule has 1 aliphatic heterocycles. The van der Waals surface area contributed by atoms with Crippen LogP contribution in [0.15, 0.2) is 24.5 Å².